The number of benzene rings is 1. The Bertz CT molecular complexity index is 286. The Balaban J connectivity index is 3.25. The van der Waals surface area contributed by atoms with Crippen molar-refractivity contribution in [2.45, 2.75) is 6.92 Å². The Morgan fingerprint density at radius 1 is 1.50 bits per heavy atom. The first-order chi connectivity index (χ1) is 4.74. The summed E-state index contributed by atoms with van der Waals surface area (Å²) in [5.74, 6) is -0.109. The lowest BCUT2D eigenvalue weighted by molar-refractivity contribution is 0.354. The summed E-state index contributed by atoms with van der Waals surface area (Å²) in [7, 11) is 0. The molecule has 0 aliphatic rings. The van der Waals surface area contributed by atoms with Crippen LogP contribution in [0.5, 0.6) is 5.75 Å². The van der Waals surface area contributed by atoms with Gasteiger partial charge in [0.2, 0.25) is 0 Å². The number of nitrogens with zero attached hydrogens (tertiary/aromatic N) is 1. The maximum Gasteiger partial charge on any atom is 0.179 e. The van der Waals surface area contributed by atoms with Crippen LogP contribution in [-0.4, -0.2) is 0 Å². The van der Waals surface area contributed by atoms with Crippen LogP contribution in [-0.2, 0) is 5.11 Å². The van der Waals surface area contributed by atoms with Crippen molar-refractivity contribution < 1.29 is 5.11 Å². The molecule has 0 unspecified atom stereocenters. The van der Waals surface area contributed by atoms with Gasteiger partial charge in [-0.25, -0.2) is 0 Å². The molecule has 0 saturated heterocycles. The molecule has 0 spiro atoms. The molecule has 0 fully saturated rings. The molecule has 1 radical (unpaired) electrons. The summed E-state index contributed by atoms with van der Waals surface area (Å²) in [6.07, 6.45) is 0. The molecular weight excluding hydrogens is 126 g/mol. The van der Waals surface area contributed by atoms with E-state index >= 15 is 0 Å². The Morgan fingerprint density at radius 2 is 2.20 bits per heavy atom. The third-order valence-corrected chi connectivity index (χ3v) is 1.33. The molecule has 0 aliphatic heterocycles. The van der Waals surface area contributed by atoms with Gasteiger partial charge in [-0.1, -0.05) is 6.07 Å². The second kappa shape index (κ2) is 2.40. The van der Waals surface area contributed by atoms with Crippen LogP contribution in [0.25, 0.3) is 0 Å². The van der Waals surface area contributed by atoms with Crippen molar-refractivity contribution >= 4 is 0 Å². The molecule has 1 rings (SSSR count). The predicted molar refractivity (Wildman–Crippen MR) is 36.0 cm³/mol. The first-order valence-electron chi connectivity index (χ1n) is 2.92. The second-order valence-corrected chi connectivity index (χ2v) is 2.09. The average molecular weight is 132 g/mol. The highest BCUT2D eigenvalue weighted by molar-refractivity contribution is 5.41. The summed E-state index contributed by atoms with van der Waals surface area (Å²) in [5, 5.41) is 19.1. The van der Waals surface area contributed by atoms with Crippen LogP contribution in [0.4, 0.5) is 0 Å². The van der Waals surface area contributed by atoms with Crippen molar-refractivity contribution in [2.24, 2.45) is 0 Å². The van der Waals surface area contributed by atoms with Gasteiger partial charge >= 0.3 is 0 Å². The summed E-state index contributed by atoms with van der Waals surface area (Å²) in [5.41, 5.74) is 1.31. The first kappa shape index (κ1) is 6.63. The molecule has 2 heteroatoms. The Morgan fingerprint density at radius 3 is 2.70 bits per heavy atom. The Hall–Kier alpha value is -1.49. The third kappa shape index (κ3) is 1.08. The summed E-state index contributed by atoms with van der Waals surface area (Å²) in [6, 6.07) is 6.39. The highest BCUT2D eigenvalue weighted by Crippen LogP contribution is 2.14. The van der Waals surface area contributed by atoms with Gasteiger partial charge in [-0.3, -0.25) is 5.11 Å². The standard InChI is InChI=1S/C8H6NO/c1-6-2-3-8(10)4-7(6)5-9/h2-4H,1H3. The number of nitriles is 1. The van der Waals surface area contributed by atoms with Gasteiger partial charge in [0.1, 0.15) is 0 Å². The second-order valence-electron chi connectivity index (χ2n) is 2.09. The molecular formula is C8H6NO. The summed E-state index contributed by atoms with van der Waals surface area (Å²) < 4.78 is 0. The van der Waals surface area contributed by atoms with E-state index in [2.05, 4.69) is 0 Å². The molecule has 0 saturated carbocycles. The fourth-order valence-corrected chi connectivity index (χ4v) is 0.722. The molecule has 0 bridgehead atoms. The van der Waals surface area contributed by atoms with Gasteiger partial charge in [0.15, 0.2) is 5.75 Å². The van der Waals surface area contributed by atoms with Gasteiger partial charge in [-0.2, -0.15) is 5.26 Å². The lowest BCUT2D eigenvalue weighted by Gasteiger charge is -1.93. The minimum atomic E-state index is -0.109. The zero-order valence-electron chi connectivity index (χ0n) is 5.59. The van der Waals surface area contributed by atoms with E-state index in [0.29, 0.717) is 5.56 Å². The molecule has 0 N–H and O–H groups in total. The van der Waals surface area contributed by atoms with Crippen molar-refractivity contribution in [3.8, 4) is 11.8 Å². The van der Waals surface area contributed by atoms with Gasteiger partial charge in [-0.05, 0) is 18.6 Å². The number of hydrogen-bond donors (Lipinski definition) is 0. The highest BCUT2D eigenvalue weighted by atomic mass is 16.3. The SMILES string of the molecule is Cc1ccc([O])cc1C#N. The van der Waals surface area contributed by atoms with E-state index in [4.69, 9.17) is 5.26 Å². The number of hydrogen-bond acceptors (Lipinski definition) is 1. The molecule has 0 aromatic heterocycles. The van der Waals surface area contributed by atoms with Gasteiger partial charge in [0, 0.05) is 6.07 Å². The minimum absolute atomic E-state index is 0.109. The average Bonchev–Trinajstić information content (AvgIpc) is 1.94. The third-order valence-electron chi connectivity index (χ3n) is 1.33. The summed E-state index contributed by atoms with van der Waals surface area (Å²) >= 11 is 0. The van der Waals surface area contributed by atoms with E-state index in [-0.39, 0.29) is 5.75 Å². The molecule has 0 atom stereocenters. The van der Waals surface area contributed by atoms with Gasteiger partial charge in [0.05, 0.1) is 11.6 Å². The lowest BCUT2D eigenvalue weighted by Crippen LogP contribution is -1.78. The van der Waals surface area contributed by atoms with Gasteiger partial charge < -0.3 is 0 Å². The van der Waals surface area contributed by atoms with Crippen molar-refractivity contribution in [1.82, 2.24) is 0 Å². The molecule has 0 amide bonds. The first-order valence-corrected chi connectivity index (χ1v) is 2.92. The normalized spacial score (nSPS) is 8.80. The minimum Gasteiger partial charge on any atom is -0.290 e. The molecule has 0 heterocycles. The molecule has 0 aliphatic carbocycles. The maximum absolute atomic E-state index is 10.7. The van der Waals surface area contributed by atoms with Crippen molar-refractivity contribution in [2.75, 3.05) is 0 Å². The van der Waals surface area contributed by atoms with Crippen molar-refractivity contribution in [3.63, 3.8) is 0 Å². The van der Waals surface area contributed by atoms with Crippen LogP contribution in [0, 0.1) is 18.3 Å². The van der Waals surface area contributed by atoms with Crippen LogP contribution in [0.1, 0.15) is 11.1 Å². The fraction of sp³-hybridized carbons (Fsp3) is 0.125. The van der Waals surface area contributed by atoms with E-state index in [1.165, 1.54) is 12.1 Å². The van der Waals surface area contributed by atoms with Crippen molar-refractivity contribution in [1.29, 1.82) is 5.26 Å². The summed E-state index contributed by atoms with van der Waals surface area (Å²) in [6.45, 7) is 1.80. The highest BCUT2D eigenvalue weighted by Gasteiger charge is 1.97. The molecule has 2 nitrogen and oxygen atoms in total. The smallest absolute Gasteiger partial charge is 0.179 e. The van der Waals surface area contributed by atoms with E-state index in [1.807, 2.05) is 6.07 Å². The Kier molecular flexibility index (Phi) is 1.59. The fourth-order valence-electron chi connectivity index (χ4n) is 0.722. The quantitative estimate of drug-likeness (QED) is 0.532. The number of aryl methyl sites for hydroxylation is 1. The van der Waals surface area contributed by atoms with Crippen LogP contribution >= 0.6 is 0 Å². The Labute approximate surface area is 59.3 Å². The van der Waals surface area contributed by atoms with Crippen molar-refractivity contribution in [3.05, 3.63) is 29.3 Å². The van der Waals surface area contributed by atoms with Crippen LogP contribution in [0.3, 0.4) is 0 Å². The van der Waals surface area contributed by atoms with Gasteiger partial charge in [0.25, 0.3) is 0 Å². The molecule has 1 aromatic rings. The van der Waals surface area contributed by atoms with E-state index in [1.54, 1.807) is 13.0 Å². The zero-order valence-corrected chi connectivity index (χ0v) is 5.59. The van der Waals surface area contributed by atoms with E-state index in [0.717, 1.165) is 5.56 Å². The maximum atomic E-state index is 10.7. The van der Waals surface area contributed by atoms with Crippen LogP contribution in [0.15, 0.2) is 18.2 Å². The van der Waals surface area contributed by atoms with E-state index < -0.39 is 0 Å². The van der Waals surface area contributed by atoms with Crippen LogP contribution < -0.4 is 0 Å². The monoisotopic (exact) mass is 132 g/mol. The molecule has 1 aromatic carbocycles. The van der Waals surface area contributed by atoms with Gasteiger partial charge in [-0.15, -0.1) is 0 Å². The lowest BCUT2D eigenvalue weighted by atomic mass is 10.1. The predicted octanol–water partition coefficient (Wildman–Crippen LogP) is 2.01. The van der Waals surface area contributed by atoms with E-state index in [9.17, 15) is 5.11 Å². The molecule has 49 valence electrons. The van der Waals surface area contributed by atoms with Crippen LogP contribution in [0.2, 0.25) is 0 Å². The number of rotatable bonds is 0. The topological polar surface area (TPSA) is 43.7 Å². The zero-order chi connectivity index (χ0) is 7.56. The largest absolute Gasteiger partial charge is 0.290 e. The molecule has 10 heavy (non-hydrogen) atoms. The summed E-state index contributed by atoms with van der Waals surface area (Å²) in [4.78, 5) is 0.